The van der Waals surface area contributed by atoms with Gasteiger partial charge in [0.05, 0.1) is 6.54 Å². The fourth-order valence-corrected chi connectivity index (χ4v) is 0.663. The highest BCUT2D eigenvalue weighted by atomic mass is 15.0. The first kappa shape index (κ1) is 10.5. The standard InChI is InChI=1S/C10H19N/c1-10(2)8-6-5-7-9-11(3)4/h10H,6,8-9H2,1-4H3. The average Bonchev–Trinajstić information content (AvgIpc) is 1.85. The second-order valence-corrected chi connectivity index (χ2v) is 3.52. The first-order chi connectivity index (χ1) is 5.13. The summed E-state index contributed by atoms with van der Waals surface area (Å²) in [4.78, 5) is 2.09. The summed E-state index contributed by atoms with van der Waals surface area (Å²) in [6.07, 6.45) is 2.27. The molecule has 0 aliphatic heterocycles. The minimum atomic E-state index is 0.781. The van der Waals surface area contributed by atoms with Gasteiger partial charge in [0.2, 0.25) is 0 Å². The van der Waals surface area contributed by atoms with Crippen molar-refractivity contribution in [1.82, 2.24) is 4.90 Å². The van der Waals surface area contributed by atoms with Crippen molar-refractivity contribution >= 4 is 0 Å². The van der Waals surface area contributed by atoms with Crippen LogP contribution in [0.15, 0.2) is 0 Å². The molecule has 0 fully saturated rings. The van der Waals surface area contributed by atoms with Crippen molar-refractivity contribution in [3.8, 4) is 11.8 Å². The van der Waals surface area contributed by atoms with Crippen molar-refractivity contribution in [2.75, 3.05) is 20.6 Å². The van der Waals surface area contributed by atoms with Gasteiger partial charge in [0.1, 0.15) is 0 Å². The van der Waals surface area contributed by atoms with E-state index in [-0.39, 0.29) is 0 Å². The molecule has 0 bridgehead atoms. The van der Waals surface area contributed by atoms with E-state index < -0.39 is 0 Å². The molecule has 64 valence electrons. The van der Waals surface area contributed by atoms with Gasteiger partial charge >= 0.3 is 0 Å². The van der Waals surface area contributed by atoms with Gasteiger partial charge in [0, 0.05) is 6.42 Å². The molecule has 0 aliphatic rings. The van der Waals surface area contributed by atoms with E-state index in [9.17, 15) is 0 Å². The molecular weight excluding hydrogens is 134 g/mol. The van der Waals surface area contributed by atoms with Gasteiger partial charge in [0.15, 0.2) is 0 Å². The Bertz CT molecular complexity index is 137. The summed E-state index contributed by atoms with van der Waals surface area (Å²) in [6, 6.07) is 0. The van der Waals surface area contributed by atoms with E-state index in [0.717, 1.165) is 18.9 Å². The molecule has 1 heteroatoms. The third kappa shape index (κ3) is 9.52. The van der Waals surface area contributed by atoms with Crippen LogP contribution in [0.25, 0.3) is 0 Å². The molecule has 0 saturated carbocycles. The third-order valence-electron chi connectivity index (χ3n) is 1.37. The summed E-state index contributed by atoms with van der Waals surface area (Å²) in [5, 5.41) is 0. The Morgan fingerprint density at radius 1 is 1.18 bits per heavy atom. The maximum absolute atomic E-state index is 3.16. The Labute approximate surface area is 70.8 Å². The summed E-state index contributed by atoms with van der Waals surface area (Å²) in [7, 11) is 4.08. The fraction of sp³-hybridized carbons (Fsp3) is 0.800. The molecular formula is C10H19N. The van der Waals surface area contributed by atoms with Crippen molar-refractivity contribution in [2.24, 2.45) is 5.92 Å². The van der Waals surface area contributed by atoms with E-state index in [1.165, 1.54) is 6.42 Å². The van der Waals surface area contributed by atoms with Crippen molar-refractivity contribution < 1.29 is 0 Å². The molecule has 0 saturated heterocycles. The fourth-order valence-electron chi connectivity index (χ4n) is 0.663. The van der Waals surface area contributed by atoms with Crippen molar-refractivity contribution in [3.63, 3.8) is 0 Å². The molecule has 1 nitrogen and oxygen atoms in total. The number of rotatable bonds is 3. The zero-order valence-corrected chi connectivity index (χ0v) is 8.15. The highest BCUT2D eigenvalue weighted by Crippen LogP contribution is 2.01. The van der Waals surface area contributed by atoms with Crippen LogP contribution in [-0.4, -0.2) is 25.5 Å². The Hall–Kier alpha value is -0.480. The van der Waals surface area contributed by atoms with E-state index in [2.05, 4.69) is 30.6 Å². The molecule has 0 rings (SSSR count). The summed E-state index contributed by atoms with van der Waals surface area (Å²) in [6.45, 7) is 5.35. The van der Waals surface area contributed by atoms with Crippen LogP contribution in [0.5, 0.6) is 0 Å². The second kappa shape index (κ2) is 6.24. The van der Waals surface area contributed by atoms with Crippen LogP contribution < -0.4 is 0 Å². The first-order valence-electron chi connectivity index (χ1n) is 4.23. The molecule has 0 heterocycles. The smallest absolute Gasteiger partial charge is 0.0596 e. The van der Waals surface area contributed by atoms with Gasteiger partial charge in [-0.15, -0.1) is 5.92 Å². The van der Waals surface area contributed by atoms with E-state index in [1.807, 2.05) is 14.1 Å². The third-order valence-corrected chi connectivity index (χ3v) is 1.37. The second-order valence-electron chi connectivity index (χ2n) is 3.52. The Morgan fingerprint density at radius 2 is 1.82 bits per heavy atom. The molecule has 0 aromatic heterocycles. The van der Waals surface area contributed by atoms with Gasteiger partial charge in [-0.05, 0) is 26.4 Å². The van der Waals surface area contributed by atoms with Crippen molar-refractivity contribution in [2.45, 2.75) is 26.7 Å². The van der Waals surface area contributed by atoms with Gasteiger partial charge < -0.3 is 0 Å². The van der Waals surface area contributed by atoms with Crippen LogP contribution in [0.4, 0.5) is 0 Å². The highest BCUT2D eigenvalue weighted by Gasteiger charge is 1.88. The topological polar surface area (TPSA) is 3.24 Å². The lowest BCUT2D eigenvalue weighted by Gasteiger charge is -2.01. The van der Waals surface area contributed by atoms with Gasteiger partial charge in [-0.2, -0.15) is 0 Å². The van der Waals surface area contributed by atoms with Crippen LogP contribution in [0.2, 0.25) is 0 Å². The van der Waals surface area contributed by atoms with E-state index >= 15 is 0 Å². The van der Waals surface area contributed by atoms with E-state index in [0.29, 0.717) is 0 Å². The minimum absolute atomic E-state index is 0.781. The maximum Gasteiger partial charge on any atom is 0.0596 e. The zero-order valence-electron chi connectivity index (χ0n) is 8.15. The van der Waals surface area contributed by atoms with Crippen LogP contribution >= 0.6 is 0 Å². The van der Waals surface area contributed by atoms with Crippen LogP contribution in [0, 0.1) is 17.8 Å². The average molecular weight is 153 g/mol. The van der Waals surface area contributed by atoms with Gasteiger partial charge in [-0.1, -0.05) is 19.8 Å². The lowest BCUT2D eigenvalue weighted by Crippen LogP contribution is -2.10. The maximum atomic E-state index is 3.16. The number of nitrogens with zero attached hydrogens (tertiary/aromatic N) is 1. The normalized spacial score (nSPS) is 10.0. The molecule has 0 spiro atoms. The lowest BCUT2D eigenvalue weighted by atomic mass is 10.1. The lowest BCUT2D eigenvalue weighted by molar-refractivity contribution is 0.463. The Kier molecular flexibility index (Phi) is 5.97. The summed E-state index contributed by atoms with van der Waals surface area (Å²) < 4.78 is 0. The van der Waals surface area contributed by atoms with Crippen molar-refractivity contribution in [3.05, 3.63) is 0 Å². The minimum Gasteiger partial charge on any atom is -0.299 e. The SMILES string of the molecule is CC(C)CCC#CCN(C)C. The largest absolute Gasteiger partial charge is 0.299 e. The van der Waals surface area contributed by atoms with Crippen LogP contribution in [0.3, 0.4) is 0 Å². The first-order valence-corrected chi connectivity index (χ1v) is 4.23. The Morgan fingerprint density at radius 3 is 2.27 bits per heavy atom. The van der Waals surface area contributed by atoms with E-state index in [1.54, 1.807) is 0 Å². The Balaban J connectivity index is 3.26. The highest BCUT2D eigenvalue weighted by molar-refractivity contribution is 5.00. The molecule has 0 aromatic carbocycles. The molecule has 0 aromatic rings. The number of hydrogen-bond acceptors (Lipinski definition) is 1. The zero-order chi connectivity index (χ0) is 8.69. The van der Waals surface area contributed by atoms with Crippen molar-refractivity contribution in [1.29, 1.82) is 0 Å². The molecule has 0 N–H and O–H groups in total. The number of hydrogen-bond donors (Lipinski definition) is 0. The van der Waals surface area contributed by atoms with Gasteiger partial charge in [-0.3, -0.25) is 4.90 Å². The quantitative estimate of drug-likeness (QED) is 0.560. The summed E-state index contributed by atoms with van der Waals surface area (Å²) in [5.41, 5.74) is 0. The predicted molar refractivity (Wildman–Crippen MR) is 50.4 cm³/mol. The summed E-state index contributed by atoms with van der Waals surface area (Å²) >= 11 is 0. The van der Waals surface area contributed by atoms with E-state index in [4.69, 9.17) is 0 Å². The molecule has 0 amide bonds. The van der Waals surface area contributed by atoms with Gasteiger partial charge in [-0.25, -0.2) is 0 Å². The van der Waals surface area contributed by atoms with Gasteiger partial charge in [0.25, 0.3) is 0 Å². The summed E-state index contributed by atoms with van der Waals surface area (Å²) in [5.74, 6) is 7.05. The molecule has 0 radical (unpaired) electrons. The molecule has 0 unspecified atom stereocenters. The predicted octanol–water partition coefficient (Wildman–Crippen LogP) is 1.99. The molecule has 0 aliphatic carbocycles. The van der Waals surface area contributed by atoms with Crippen LogP contribution in [-0.2, 0) is 0 Å². The molecule has 0 atom stereocenters. The monoisotopic (exact) mass is 153 g/mol. The van der Waals surface area contributed by atoms with Crippen LogP contribution in [0.1, 0.15) is 26.7 Å². The molecule has 11 heavy (non-hydrogen) atoms.